The van der Waals surface area contributed by atoms with Gasteiger partial charge in [-0.05, 0) is 58.9 Å². The second-order valence-corrected chi connectivity index (χ2v) is 8.17. The van der Waals surface area contributed by atoms with Crippen LogP contribution >= 0.6 is 11.8 Å². The van der Waals surface area contributed by atoms with Crippen LogP contribution < -0.4 is 5.32 Å². The second-order valence-electron chi connectivity index (χ2n) is 7.04. The first-order valence-electron chi connectivity index (χ1n) is 8.32. The van der Waals surface area contributed by atoms with E-state index >= 15 is 0 Å². The molecule has 0 aromatic heterocycles. The van der Waals surface area contributed by atoms with E-state index in [-0.39, 0.29) is 11.2 Å². The highest BCUT2D eigenvalue weighted by molar-refractivity contribution is 8.05. The predicted octanol–water partition coefficient (Wildman–Crippen LogP) is 4.56. The number of thioether (sulfide) groups is 1. The molecule has 0 spiro atoms. The van der Waals surface area contributed by atoms with Gasteiger partial charge in [0.1, 0.15) is 11.0 Å². The van der Waals surface area contributed by atoms with E-state index in [1.807, 2.05) is 58.0 Å². The van der Waals surface area contributed by atoms with Gasteiger partial charge in [0, 0.05) is 24.6 Å². The van der Waals surface area contributed by atoms with Gasteiger partial charge in [0.25, 0.3) is 0 Å². The zero-order chi connectivity index (χ0) is 19.5. The molecule has 1 amide bonds. The van der Waals surface area contributed by atoms with Crippen molar-refractivity contribution in [1.29, 1.82) is 0 Å². The third-order valence-corrected chi connectivity index (χ3v) is 5.16. The van der Waals surface area contributed by atoms with E-state index < -0.39 is 11.7 Å². The van der Waals surface area contributed by atoms with Crippen LogP contribution in [0, 0.1) is 0 Å². The molecule has 2 rings (SSSR count). The van der Waals surface area contributed by atoms with Gasteiger partial charge < -0.3 is 9.64 Å². The van der Waals surface area contributed by atoms with Crippen LogP contribution in [0.1, 0.15) is 34.6 Å². The molecule has 1 atom stereocenters. The molecular weight excluding hydrogens is 350 g/mol. The summed E-state index contributed by atoms with van der Waals surface area (Å²) >= 11 is 1.50. The SMILES string of the molecule is CC(=O)C1=C(C)N(C)C(C=Nc2ccc(NC(=O)OC(C)(C)C)cc2)S1. The summed E-state index contributed by atoms with van der Waals surface area (Å²) in [5.41, 5.74) is 1.84. The van der Waals surface area contributed by atoms with Gasteiger partial charge in [-0.2, -0.15) is 0 Å². The number of Topliss-reactive ketones (excluding diaryl/α,β-unsaturated/α-hetero) is 1. The summed E-state index contributed by atoms with van der Waals surface area (Å²) in [5.74, 6) is 0.0767. The Labute approximate surface area is 158 Å². The normalized spacial score (nSPS) is 17.8. The number of carbonyl (C=O) groups excluding carboxylic acids is 2. The van der Waals surface area contributed by atoms with Crippen molar-refractivity contribution in [2.75, 3.05) is 12.4 Å². The highest BCUT2D eigenvalue weighted by Crippen LogP contribution is 2.36. The first kappa shape index (κ1) is 20.0. The van der Waals surface area contributed by atoms with Crippen LogP contribution in [0.4, 0.5) is 16.2 Å². The van der Waals surface area contributed by atoms with Crippen LogP contribution in [0.2, 0.25) is 0 Å². The number of hydrogen-bond donors (Lipinski definition) is 1. The number of nitrogens with zero attached hydrogens (tertiary/aromatic N) is 2. The van der Waals surface area contributed by atoms with Gasteiger partial charge >= 0.3 is 6.09 Å². The molecule has 1 aromatic carbocycles. The monoisotopic (exact) mass is 375 g/mol. The Balaban J connectivity index is 1.97. The zero-order valence-corrected chi connectivity index (χ0v) is 16.8. The average molecular weight is 375 g/mol. The molecule has 1 unspecified atom stereocenters. The lowest BCUT2D eigenvalue weighted by Gasteiger charge is -2.19. The molecular formula is C19H25N3O3S. The van der Waals surface area contributed by atoms with Crippen molar-refractivity contribution in [2.24, 2.45) is 4.99 Å². The number of allylic oxidation sites excluding steroid dienone is 2. The number of ketones is 1. The van der Waals surface area contributed by atoms with E-state index in [4.69, 9.17) is 4.74 Å². The molecule has 0 fully saturated rings. The van der Waals surface area contributed by atoms with Crippen molar-refractivity contribution in [1.82, 2.24) is 4.90 Å². The Morgan fingerprint density at radius 1 is 1.27 bits per heavy atom. The minimum absolute atomic E-state index is 0.00605. The molecule has 0 bridgehead atoms. The van der Waals surface area contributed by atoms with Gasteiger partial charge in [-0.1, -0.05) is 11.8 Å². The Hall–Kier alpha value is -2.28. The fourth-order valence-electron chi connectivity index (χ4n) is 2.31. The van der Waals surface area contributed by atoms with E-state index in [9.17, 15) is 9.59 Å². The molecule has 0 saturated carbocycles. The molecule has 1 aliphatic heterocycles. The maximum absolute atomic E-state index is 11.8. The summed E-state index contributed by atoms with van der Waals surface area (Å²) in [6.45, 7) is 8.97. The number of anilines is 1. The molecule has 6 nitrogen and oxygen atoms in total. The Morgan fingerprint density at radius 2 is 1.88 bits per heavy atom. The second kappa shape index (κ2) is 7.95. The van der Waals surface area contributed by atoms with Gasteiger partial charge in [0.15, 0.2) is 5.78 Å². The topological polar surface area (TPSA) is 71.0 Å². The number of carbonyl (C=O) groups is 2. The minimum Gasteiger partial charge on any atom is -0.444 e. The van der Waals surface area contributed by atoms with Gasteiger partial charge in [-0.15, -0.1) is 0 Å². The molecule has 1 heterocycles. The van der Waals surface area contributed by atoms with Crippen molar-refractivity contribution in [3.63, 3.8) is 0 Å². The molecule has 7 heteroatoms. The van der Waals surface area contributed by atoms with Crippen molar-refractivity contribution in [3.05, 3.63) is 34.9 Å². The van der Waals surface area contributed by atoms with Gasteiger partial charge in [-0.25, -0.2) is 4.79 Å². The zero-order valence-electron chi connectivity index (χ0n) is 16.0. The minimum atomic E-state index is -0.538. The molecule has 0 aliphatic carbocycles. The highest BCUT2D eigenvalue weighted by atomic mass is 32.2. The molecule has 1 aliphatic rings. The van der Waals surface area contributed by atoms with Crippen molar-refractivity contribution >= 4 is 41.2 Å². The predicted molar refractivity (Wildman–Crippen MR) is 107 cm³/mol. The van der Waals surface area contributed by atoms with Crippen LogP contribution in [-0.4, -0.2) is 41.0 Å². The van der Waals surface area contributed by atoms with E-state index in [1.165, 1.54) is 11.8 Å². The summed E-state index contributed by atoms with van der Waals surface area (Å²) in [4.78, 5) is 30.7. The van der Waals surface area contributed by atoms with Gasteiger partial charge in [0.05, 0.1) is 10.6 Å². The number of aliphatic imine (C=N–C) groups is 1. The molecule has 0 radical (unpaired) electrons. The maximum atomic E-state index is 11.8. The van der Waals surface area contributed by atoms with Crippen LogP contribution in [0.3, 0.4) is 0 Å². The highest BCUT2D eigenvalue weighted by Gasteiger charge is 2.28. The summed E-state index contributed by atoms with van der Waals surface area (Å²) in [6, 6.07) is 7.17. The first-order valence-corrected chi connectivity index (χ1v) is 9.20. The number of rotatable bonds is 4. The number of hydrogen-bond acceptors (Lipinski definition) is 6. The van der Waals surface area contributed by atoms with Crippen LogP contribution in [0.15, 0.2) is 39.9 Å². The quantitative estimate of drug-likeness (QED) is 0.781. The molecule has 1 N–H and O–H groups in total. The van der Waals surface area contributed by atoms with E-state index in [1.54, 1.807) is 19.1 Å². The number of benzene rings is 1. The summed E-state index contributed by atoms with van der Waals surface area (Å²) in [5, 5.41) is 2.68. The third kappa shape index (κ3) is 5.36. The fraction of sp³-hybridized carbons (Fsp3) is 0.421. The summed E-state index contributed by atoms with van der Waals surface area (Å²) in [7, 11) is 1.95. The van der Waals surface area contributed by atoms with Crippen molar-refractivity contribution < 1.29 is 14.3 Å². The third-order valence-electron chi connectivity index (χ3n) is 3.66. The standard InChI is InChI=1S/C19H25N3O3S/c1-12-17(13(2)23)26-16(22(12)6)11-20-14-7-9-15(10-8-14)21-18(24)25-19(3,4)5/h7-11,16H,1-6H3,(H,21,24). The largest absolute Gasteiger partial charge is 0.444 e. The number of nitrogens with one attached hydrogen (secondary N) is 1. The van der Waals surface area contributed by atoms with Gasteiger partial charge in [-0.3, -0.25) is 15.1 Å². The van der Waals surface area contributed by atoms with Crippen molar-refractivity contribution in [3.8, 4) is 0 Å². The lowest BCUT2D eigenvalue weighted by atomic mass is 10.2. The van der Waals surface area contributed by atoms with Crippen LogP contribution in [0.25, 0.3) is 0 Å². The maximum Gasteiger partial charge on any atom is 0.412 e. The van der Waals surface area contributed by atoms with Crippen LogP contribution in [0.5, 0.6) is 0 Å². The summed E-state index contributed by atoms with van der Waals surface area (Å²) in [6.07, 6.45) is 1.33. The van der Waals surface area contributed by atoms with Crippen molar-refractivity contribution in [2.45, 2.75) is 45.6 Å². The summed E-state index contributed by atoms with van der Waals surface area (Å²) < 4.78 is 5.22. The average Bonchev–Trinajstić information content (AvgIpc) is 2.81. The van der Waals surface area contributed by atoms with E-state index in [0.29, 0.717) is 5.69 Å². The smallest absolute Gasteiger partial charge is 0.412 e. The Bertz CT molecular complexity index is 748. The molecule has 26 heavy (non-hydrogen) atoms. The number of amides is 1. The van der Waals surface area contributed by atoms with E-state index in [2.05, 4.69) is 10.3 Å². The molecule has 140 valence electrons. The van der Waals surface area contributed by atoms with Gasteiger partial charge in [0.2, 0.25) is 0 Å². The Morgan fingerprint density at radius 3 is 2.38 bits per heavy atom. The number of ether oxygens (including phenoxy) is 1. The lowest BCUT2D eigenvalue weighted by Crippen LogP contribution is -2.27. The Kier molecular flexibility index (Phi) is 6.13. The molecule has 1 aromatic rings. The molecule has 0 saturated heterocycles. The fourth-order valence-corrected chi connectivity index (χ4v) is 3.47. The van der Waals surface area contributed by atoms with E-state index in [0.717, 1.165) is 16.3 Å². The first-order chi connectivity index (χ1) is 12.1. The van der Waals surface area contributed by atoms with Crippen LogP contribution in [-0.2, 0) is 9.53 Å². The lowest BCUT2D eigenvalue weighted by molar-refractivity contribution is -0.113.